The van der Waals surface area contributed by atoms with Crippen LogP contribution in [0.3, 0.4) is 0 Å². The fraction of sp³-hybridized carbons (Fsp3) is 0.125. The zero-order valence-corrected chi connectivity index (χ0v) is 26.9. The monoisotopic (exact) mass is 706 g/mol. The summed E-state index contributed by atoms with van der Waals surface area (Å²) in [6.07, 6.45) is 1.66. The number of hydrogen-bond acceptors (Lipinski definition) is 6. The Morgan fingerprint density at radius 2 is 1.09 bits per heavy atom. The van der Waals surface area contributed by atoms with Gasteiger partial charge in [0.2, 0.25) is 0 Å². The van der Waals surface area contributed by atoms with Gasteiger partial charge in [0.15, 0.2) is 0 Å². The van der Waals surface area contributed by atoms with Crippen molar-refractivity contribution in [3.63, 3.8) is 0 Å². The van der Waals surface area contributed by atoms with Crippen LogP contribution >= 0.6 is 68.0 Å². The van der Waals surface area contributed by atoms with Crippen molar-refractivity contribution in [2.75, 3.05) is 0 Å². The lowest BCUT2D eigenvalue weighted by molar-refractivity contribution is -0.254. The molecule has 6 aromatic heterocycles. The summed E-state index contributed by atoms with van der Waals surface area (Å²) in [5.41, 5.74) is -4.40. The highest BCUT2D eigenvalue weighted by Crippen LogP contribution is 2.70. The Morgan fingerprint density at radius 1 is 0.568 bits per heavy atom. The van der Waals surface area contributed by atoms with Gasteiger partial charge in [-0.25, -0.2) is 0 Å². The molecule has 222 valence electrons. The summed E-state index contributed by atoms with van der Waals surface area (Å²) in [6.45, 7) is 3.79. The van der Waals surface area contributed by atoms with Crippen molar-refractivity contribution >= 4 is 85.2 Å². The van der Waals surface area contributed by atoms with Crippen LogP contribution in [0.5, 0.6) is 0 Å². The van der Waals surface area contributed by atoms with Crippen molar-refractivity contribution in [1.82, 2.24) is 0 Å². The molecule has 0 aliphatic heterocycles. The molecule has 0 N–H and O–H groups in total. The quantitative estimate of drug-likeness (QED) is 0.157. The molecule has 12 heteroatoms. The molecular weight excluding hydrogens is 691 g/mol. The van der Waals surface area contributed by atoms with E-state index < -0.39 is 34.3 Å². The van der Waals surface area contributed by atoms with Crippen LogP contribution in [-0.4, -0.2) is 17.8 Å². The van der Waals surface area contributed by atoms with Gasteiger partial charge in [0, 0.05) is 66.2 Å². The van der Waals surface area contributed by atoms with E-state index in [0.29, 0.717) is 24.4 Å². The first-order valence-electron chi connectivity index (χ1n) is 13.1. The number of halogens is 6. The minimum Gasteiger partial charge on any atom is -0.194 e. The third kappa shape index (κ3) is 3.55. The largest absolute Gasteiger partial charge is 0.380 e. The van der Waals surface area contributed by atoms with Crippen LogP contribution in [-0.2, 0) is 5.41 Å². The standard InChI is InChI=1S/C32H16F6S6/c1-2-16-9-10-20(42-16)22-15-18-26-25(30(33,34)32(37,38)31(26,35)36)17-14-21(19-6-3-11-39-19)43-27(17)29(28(18)44-22,23-7-4-12-40-23)24-8-5-13-41-24/h2-15H,1H2. The van der Waals surface area contributed by atoms with Crippen LogP contribution in [0.1, 0.15) is 35.5 Å². The second-order valence-corrected chi connectivity index (χ2v) is 16.3. The Kier molecular flexibility index (Phi) is 6.29. The maximum Gasteiger partial charge on any atom is 0.380 e. The van der Waals surface area contributed by atoms with Crippen LogP contribution in [0.2, 0.25) is 0 Å². The number of allylic oxidation sites excluding steroid dienone is 2. The van der Waals surface area contributed by atoms with Crippen molar-refractivity contribution in [3.8, 4) is 19.5 Å². The van der Waals surface area contributed by atoms with Gasteiger partial charge in [-0.1, -0.05) is 30.9 Å². The Hall–Kier alpha value is -2.74. The number of alkyl halides is 6. The molecule has 0 aromatic carbocycles. The summed E-state index contributed by atoms with van der Waals surface area (Å²) < 4.78 is 95.2. The van der Waals surface area contributed by atoms with E-state index in [-0.39, 0.29) is 11.1 Å². The highest BCUT2D eigenvalue weighted by molar-refractivity contribution is 7.24. The molecule has 6 aromatic rings. The van der Waals surface area contributed by atoms with Gasteiger partial charge in [0.25, 0.3) is 0 Å². The molecule has 44 heavy (non-hydrogen) atoms. The fourth-order valence-corrected chi connectivity index (χ4v) is 12.9. The van der Waals surface area contributed by atoms with Crippen LogP contribution in [0.4, 0.5) is 26.3 Å². The predicted octanol–water partition coefficient (Wildman–Crippen LogP) is 12.6. The van der Waals surface area contributed by atoms with E-state index in [2.05, 4.69) is 6.58 Å². The second kappa shape index (κ2) is 9.63. The Bertz CT molecular complexity index is 2030. The van der Waals surface area contributed by atoms with Gasteiger partial charge < -0.3 is 0 Å². The smallest absolute Gasteiger partial charge is 0.194 e. The van der Waals surface area contributed by atoms with Gasteiger partial charge in [-0.05, 0) is 58.6 Å². The van der Waals surface area contributed by atoms with E-state index in [0.717, 1.165) is 19.5 Å². The topological polar surface area (TPSA) is 0 Å². The average molecular weight is 707 g/mol. The summed E-state index contributed by atoms with van der Waals surface area (Å²) in [5.74, 6) is -15.9. The third-order valence-electron chi connectivity index (χ3n) is 7.97. The number of fused-ring (bicyclic) bond motifs is 4. The van der Waals surface area contributed by atoms with E-state index in [1.165, 1.54) is 80.2 Å². The van der Waals surface area contributed by atoms with E-state index >= 15 is 26.3 Å². The molecule has 0 saturated heterocycles. The molecule has 0 bridgehead atoms. The van der Waals surface area contributed by atoms with E-state index in [9.17, 15) is 0 Å². The van der Waals surface area contributed by atoms with Crippen molar-refractivity contribution in [2.45, 2.75) is 23.2 Å². The normalized spacial score (nSPS) is 19.0. The Morgan fingerprint density at radius 3 is 1.55 bits per heavy atom. The lowest BCUT2D eigenvalue weighted by Gasteiger charge is -2.34. The summed E-state index contributed by atoms with van der Waals surface area (Å²) >= 11 is 7.88. The highest BCUT2D eigenvalue weighted by Gasteiger charge is 2.81. The van der Waals surface area contributed by atoms with Gasteiger partial charge >= 0.3 is 17.8 Å². The van der Waals surface area contributed by atoms with Crippen molar-refractivity contribution < 1.29 is 26.3 Å². The van der Waals surface area contributed by atoms with Gasteiger partial charge in [0.1, 0.15) is 5.41 Å². The first kappa shape index (κ1) is 28.7. The lowest BCUT2D eigenvalue weighted by atomic mass is 9.78. The molecular formula is C32H16F6S6. The van der Waals surface area contributed by atoms with Gasteiger partial charge in [-0.15, -0.1) is 68.0 Å². The lowest BCUT2D eigenvalue weighted by Crippen LogP contribution is -2.49. The maximum absolute atomic E-state index is 16.1. The molecule has 6 heterocycles. The first-order chi connectivity index (χ1) is 21.0. The summed E-state index contributed by atoms with van der Waals surface area (Å²) in [6, 6.07) is 17.5. The van der Waals surface area contributed by atoms with Crippen molar-refractivity contribution in [3.05, 3.63) is 119 Å². The number of rotatable bonds is 5. The summed E-state index contributed by atoms with van der Waals surface area (Å²) in [7, 11) is 0. The molecule has 2 aliphatic rings. The molecule has 0 amide bonds. The van der Waals surface area contributed by atoms with Crippen LogP contribution in [0, 0.1) is 0 Å². The molecule has 0 fully saturated rings. The number of hydrogen-bond donors (Lipinski definition) is 0. The van der Waals surface area contributed by atoms with Crippen LogP contribution in [0.15, 0.2) is 83.4 Å². The molecule has 0 saturated carbocycles. The molecule has 0 spiro atoms. The van der Waals surface area contributed by atoms with Crippen molar-refractivity contribution in [2.24, 2.45) is 0 Å². The first-order valence-corrected chi connectivity index (χ1v) is 18.1. The van der Waals surface area contributed by atoms with Gasteiger partial charge in [0.05, 0.1) is 0 Å². The zero-order chi connectivity index (χ0) is 30.6. The predicted molar refractivity (Wildman–Crippen MR) is 175 cm³/mol. The van der Waals surface area contributed by atoms with Gasteiger partial charge in [-0.2, -0.15) is 26.3 Å². The van der Waals surface area contributed by atoms with Crippen LogP contribution < -0.4 is 0 Å². The van der Waals surface area contributed by atoms with Crippen LogP contribution in [0.25, 0.3) is 36.7 Å². The summed E-state index contributed by atoms with van der Waals surface area (Å²) in [5, 5.41) is 5.53. The molecule has 0 unspecified atom stereocenters. The summed E-state index contributed by atoms with van der Waals surface area (Å²) in [4.78, 5) is 5.47. The minimum absolute atomic E-state index is 0.257. The Balaban J connectivity index is 1.58. The van der Waals surface area contributed by atoms with Gasteiger partial charge in [-0.3, -0.25) is 0 Å². The highest BCUT2D eigenvalue weighted by atomic mass is 32.1. The maximum atomic E-state index is 16.1. The average Bonchev–Trinajstić information content (AvgIpc) is 3.83. The molecule has 2 aliphatic carbocycles. The van der Waals surface area contributed by atoms with E-state index in [4.69, 9.17) is 0 Å². The molecule has 0 radical (unpaired) electrons. The zero-order valence-electron chi connectivity index (χ0n) is 22.0. The van der Waals surface area contributed by atoms with E-state index in [1.54, 1.807) is 12.1 Å². The molecule has 8 rings (SSSR count). The molecule has 0 nitrogen and oxygen atoms in total. The molecule has 0 atom stereocenters. The number of thiophene rings is 6. The third-order valence-corrected chi connectivity index (χ3v) is 14.8. The SMILES string of the molecule is C=Cc1ccc(-c2cc3c(s2)C(c2cccs2)(c2cccs2)c2sc(-c4cccs4)cc2C2=C3C(F)(F)C(F)(F)C2(F)F)s1. The minimum atomic E-state index is -5.63. The van der Waals surface area contributed by atoms with E-state index in [1.807, 2.05) is 58.6 Å². The Labute approximate surface area is 271 Å². The fourth-order valence-electron chi connectivity index (χ4n) is 6.06. The van der Waals surface area contributed by atoms with Crippen molar-refractivity contribution in [1.29, 1.82) is 0 Å². The second-order valence-electron chi connectivity index (χ2n) is 10.3.